The van der Waals surface area contributed by atoms with Crippen LogP contribution in [0.15, 0.2) is 11.1 Å². The van der Waals surface area contributed by atoms with Crippen LogP contribution < -0.4 is 5.73 Å². The highest BCUT2D eigenvalue weighted by Crippen LogP contribution is 2.27. The minimum Gasteiger partial charge on any atom is -0.369 e. The average molecular weight is 205 g/mol. The van der Waals surface area contributed by atoms with E-state index in [0.29, 0.717) is 5.03 Å². The van der Waals surface area contributed by atoms with Crippen molar-refractivity contribution in [3.05, 3.63) is 21.2 Å². The Balaban J connectivity index is 2.83. The average Bonchev–Trinajstić information content (AvgIpc) is 2.03. The van der Waals surface area contributed by atoms with Gasteiger partial charge >= 0.3 is 0 Å². The number of hydrogen-bond donors (Lipinski definition) is 1. The van der Waals surface area contributed by atoms with Gasteiger partial charge in [0.2, 0.25) is 11.9 Å². The number of allylic oxidation sites excluding steroid dienone is 1. The van der Waals surface area contributed by atoms with Crippen LogP contribution in [0.2, 0.25) is 0 Å². The van der Waals surface area contributed by atoms with Crippen LogP contribution in [0.3, 0.4) is 0 Å². The van der Waals surface area contributed by atoms with E-state index in [9.17, 15) is 14.9 Å². The largest absolute Gasteiger partial charge is 0.369 e. The summed E-state index contributed by atoms with van der Waals surface area (Å²) in [6, 6.07) is -0.963. The molecule has 13 heavy (non-hydrogen) atoms. The van der Waals surface area contributed by atoms with Gasteiger partial charge in [-0.15, -0.1) is 0 Å². The van der Waals surface area contributed by atoms with Crippen molar-refractivity contribution in [3.8, 4) is 0 Å². The normalized spacial score (nSPS) is 27.9. The Bertz CT molecular complexity index is 277. The van der Waals surface area contributed by atoms with Crippen molar-refractivity contribution in [2.45, 2.75) is 18.9 Å². The molecule has 6 heteroatoms. The number of nitro groups is 1. The van der Waals surface area contributed by atoms with E-state index in [-0.39, 0.29) is 12.8 Å². The summed E-state index contributed by atoms with van der Waals surface area (Å²) >= 11 is 5.63. The lowest BCUT2D eigenvalue weighted by atomic mass is 9.89. The van der Waals surface area contributed by atoms with Gasteiger partial charge in [-0.3, -0.25) is 14.9 Å². The highest BCUT2D eigenvalue weighted by atomic mass is 35.5. The summed E-state index contributed by atoms with van der Waals surface area (Å²) in [5.41, 5.74) is 5.03. The molecular weight excluding hydrogens is 196 g/mol. The zero-order valence-electron chi connectivity index (χ0n) is 6.77. The molecule has 2 atom stereocenters. The Kier molecular flexibility index (Phi) is 2.87. The number of amides is 1. The number of carbonyl (C=O) groups is 1. The van der Waals surface area contributed by atoms with Crippen LogP contribution in [0.25, 0.3) is 0 Å². The van der Waals surface area contributed by atoms with Gasteiger partial charge in [0.25, 0.3) is 0 Å². The Morgan fingerprint density at radius 1 is 1.77 bits per heavy atom. The summed E-state index contributed by atoms with van der Waals surface area (Å²) < 4.78 is 0. The quantitative estimate of drug-likeness (QED) is 0.529. The summed E-state index contributed by atoms with van der Waals surface area (Å²) in [4.78, 5) is 20.9. The molecule has 0 aromatic carbocycles. The van der Waals surface area contributed by atoms with Crippen LogP contribution in [-0.2, 0) is 4.79 Å². The molecule has 0 aromatic heterocycles. The van der Waals surface area contributed by atoms with Gasteiger partial charge in [0.1, 0.15) is 5.92 Å². The summed E-state index contributed by atoms with van der Waals surface area (Å²) in [6.07, 6.45) is 1.97. The second kappa shape index (κ2) is 3.74. The molecule has 0 fully saturated rings. The van der Waals surface area contributed by atoms with Gasteiger partial charge in [0.05, 0.1) is 6.42 Å². The predicted molar refractivity (Wildman–Crippen MR) is 46.6 cm³/mol. The van der Waals surface area contributed by atoms with Gasteiger partial charge in [0.15, 0.2) is 0 Å². The van der Waals surface area contributed by atoms with E-state index in [1.165, 1.54) is 0 Å². The molecule has 0 aliphatic heterocycles. The summed E-state index contributed by atoms with van der Waals surface area (Å²) in [6.45, 7) is 0. The third-order valence-electron chi connectivity index (χ3n) is 2.10. The van der Waals surface area contributed by atoms with Crippen molar-refractivity contribution in [1.82, 2.24) is 0 Å². The van der Waals surface area contributed by atoms with Crippen LogP contribution in [0.4, 0.5) is 0 Å². The third-order valence-corrected chi connectivity index (χ3v) is 2.41. The molecule has 1 rings (SSSR count). The standard InChI is InChI=1S/C7H9ClN2O3/c8-4-1-2-5(7(9)11)6(3-4)10(12)13/h1,5-6H,2-3H2,(H2,9,11)/t5-,6+/m1/s1. The van der Waals surface area contributed by atoms with E-state index >= 15 is 0 Å². The predicted octanol–water partition coefficient (Wildman–Crippen LogP) is 0.650. The molecule has 0 heterocycles. The van der Waals surface area contributed by atoms with Gasteiger partial charge in [0, 0.05) is 9.96 Å². The number of rotatable bonds is 2. The zero-order valence-corrected chi connectivity index (χ0v) is 7.53. The lowest BCUT2D eigenvalue weighted by molar-refractivity contribution is -0.529. The molecule has 5 nitrogen and oxygen atoms in total. The SMILES string of the molecule is NC(=O)[C@@H]1CC=C(Cl)C[C@@H]1[N+](=O)[O-]. The smallest absolute Gasteiger partial charge is 0.229 e. The fourth-order valence-corrected chi connectivity index (χ4v) is 1.61. The number of primary amides is 1. The fourth-order valence-electron chi connectivity index (χ4n) is 1.36. The first kappa shape index (κ1) is 9.98. The number of nitrogens with zero attached hydrogens (tertiary/aromatic N) is 1. The Hall–Kier alpha value is -1.10. The monoisotopic (exact) mass is 204 g/mol. The highest BCUT2D eigenvalue weighted by molar-refractivity contribution is 6.29. The highest BCUT2D eigenvalue weighted by Gasteiger charge is 2.38. The van der Waals surface area contributed by atoms with Crippen LogP contribution in [0, 0.1) is 16.0 Å². The Labute approximate surface area is 79.7 Å². The van der Waals surface area contributed by atoms with Crippen molar-refractivity contribution >= 4 is 17.5 Å². The molecule has 0 aromatic rings. The van der Waals surface area contributed by atoms with Crippen LogP contribution in [0.5, 0.6) is 0 Å². The molecule has 1 amide bonds. The number of nitrogens with two attached hydrogens (primary N) is 1. The summed E-state index contributed by atoms with van der Waals surface area (Å²) in [5.74, 6) is -1.36. The molecule has 72 valence electrons. The minimum atomic E-state index is -0.963. The maximum Gasteiger partial charge on any atom is 0.229 e. The molecule has 1 aliphatic carbocycles. The number of hydrogen-bond acceptors (Lipinski definition) is 3. The molecular formula is C7H9ClN2O3. The van der Waals surface area contributed by atoms with Crippen molar-refractivity contribution in [1.29, 1.82) is 0 Å². The summed E-state index contributed by atoms with van der Waals surface area (Å²) in [5, 5.41) is 11.0. The van der Waals surface area contributed by atoms with Crippen LogP contribution in [0.1, 0.15) is 12.8 Å². The first-order valence-electron chi connectivity index (χ1n) is 3.79. The van der Waals surface area contributed by atoms with Gasteiger partial charge < -0.3 is 5.73 Å². The fraction of sp³-hybridized carbons (Fsp3) is 0.571. The van der Waals surface area contributed by atoms with Gasteiger partial charge in [-0.2, -0.15) is 0 Å². The zero-order chi connectivity index (χ0) is 10.0. The van der Waals surface area contributed by atoms with E-state index in [1.54, 1.807) is 6.08 Å². The molecule has 0 unspecified atom stereocenters. The third kappa shape index (κ3) is 2.18. The van der Waals surface area contributed by atoms with E-state index in [1.807, 2.05) is 0 Å². The van der Waals surface area contributed by atoms with Gasteiger partial charge in [-0.1, -0.05) is 17.7 Å². The Morgan fingerprint density at radius 2 is 2.38 bits per heavy atom. The molecule has 0 saturated carbocycles. The van der Waals surface area contributed by atoms with E-state index in [0.717, 1.165) is 0 Å². The van der Waals surface area contributed by atoms with Crippen LogP contribution in [-0.4, -0.2) is 16.9 Å². The number of halogens is 1. The van der Waals surface area contributed by atoms with E-state index in [4.69, 9.17) is 17.3 Å². The first-order valence-corrected chi connectivity index (χ1v) is 4.17. The minimum absolute atomic E-state index is 0.0994. The maximum absolute atomic E-state index is 10.8. The van der Waals surface area contributed by atoms with E-state index < -0.39 is 22.8 Å². The molecule has 0 radical (unpaired) electrons. The second-order valence-corrected chi connectivity index (χ2v) is 3.44. The topological polar surface area (TPSA) is 86.2 Å². The molecule has 0 bridgehead atoms. The van der Waals surface area contributed by atoms with Gasteiger partial charge in [-0.25, -0.2) is 0 Å². The molecule has 1 aliphatic rings. The molecule has 2 N–H and O–H groups in total. The lowest BCUT2D eigenvalue weighted by Crippen LogP contribution is -2.39. The van der Waals surface area contributed by atoms with Crippen molar-refractivity contribution in [2.24, 2.45) is 11.7 Å². The van der Waals surface area contributed by atoms with Crippen LogP contribution >= 0.6 is 11.6 Å². The summed E-state index contributed by atoms with van der Waals surface area (Å²) in [7, 11) is 0. The van der Waals surface area contributed by atoms with Gasteiger partial charge in [-0.05, 0) is 6.42 Å². The van der Waals surface area contributed by atoms with Crippen molar-refractivity contribution < 1.29 is 9.72 Å². The lowest BCUT2D eigenvalue weighted by Gasteiger charge is -2.20. The Morgan fingerprint density at radius 3 is 2.85 bits per heavy atom. The maximum atomic E-state index is 10.8. The van der Waals surface area contributed by atoms with Crippen molar-refractivity contribution in [2.75, 3.05) is 0 Å². The second-order valence-electron chi connectivity index (χ2n) is 2.95. The van der Waals surface area contributed by atoms with E-state index in [2.05, 4.69) is 0 Å². The van der Waals surface area contributed by atoms with Crippen molar-refractivity contribution in [3.63, 3.8) is 0 Å². The molecule has 0 spiro atoms. The first-order chi connectivity index (χ1) is 6.02. The number of carbonyl (C=O) groups excluding carboxylic acids is 1. The molecule has 0 saturated heterocycles.